The van der Waals surface area contributed by atoms with E-state index in [0.717, 1.165) is 32.9 Å². The van der Waals surface area contributed by atoms with Gasteiger partial charge < -0.3 is 41.9 Å². The number of benzene rings is 3. The van der Waals surface area contributed by atoms with Crippen molar-refractivity contribution in [3.05, 3.63) is 102 Å². The number of aliphatic carboxylic acids is 1. The summed E-state index contributed by atoms with van der Waals surface area (Å²) in [5.74, 6) is -3.41. The van der Waals surface area contributed by atoms with E-state index in [1.165, 1.54) is 12.1 Å². The van der Waals surface area contributed by atoms with Crippen molar-refractivity contribution >= 4 is 58.1 Å². The highest BCUT2D eigenvalue weighted by molar-refractivity contribution is 7.80. The topological polar surface area (TPSA) is 202 Å². The Hall–Kier alpha value is -5.27. The Kier molecular flexibility index (Phi) is 10.5. The van der Waals surface area contributed by atoms with Crippen molar-refractivity contribution in [3.8, 4) is 5.75 Å². The summed E-state index contributed by atoms with van der Waals surface area (Å²) in [6.45, 7) is 0. The van der Waals surface area contributed by atoms with Crippen LogP contribution in [-0.2, 0) is 38.4 Å². The number of aromatic amines is 2. The highest BCUT2D eigenvalue weighted by Crippen LogP contribution is 2.21. The number of phenols is 1. The molecule has 0 radical (unpaired) electrons. The average molecular weight is 657 g/mol. The minimum atomic E-state index is -1.30. The fourth-order valence-electron chi connectivity index (χ4n) is 5.45. The van der Waals surface area contributed by atoms with E-state index in [0.29, 0.717) is 5.56 Å². The molecule has 244 valence electrons. The number of aromatic hydroxyl groups is 1. The zero-order valence-electron chi connectivity index (χ0n) is 25.3. The first-order valence-electron chi connectivity index (χ1n) is 15.0. The van der Waals surface area contributed by atoms with Gasteiger partial charge in [-0.05, 0) is 47.4 Å². The lowest BCUT2D eigenvalue weighted by Crippen LogP contribution is -2.58. The molecule has 12 nitrogen and oxygen atoms in total. The van der Waals surface area contributed by atoms with Crippen LogP contribution in [0.25, 0.3) is 21.8 Å². The lowest BCUT2D eigenvalue weighted by molar-refractivity contribution is -0.141. The Labute approximate surface area is 275 Å². The lowest BCUT2D eigenvalue weighted by atomic mass is 10.0. The van der Waals surface area contributed by atoms with Gasteiger partial charge in [-0.3, -0.25) is 14.4 Å². The quantitative estimate of drug-likeness (QED) is 0.0815. The Morgan fingerprint density at radius 2 is 1.17 bits per heavy atom. The number of carboxylic acid groups (broad SMARTS) is 1. The number of H-pyrrole nitrogens is 2. The molecule has 3 amide bonds. The van der Waals surface area contributed by atoms with E-state index in [9.17, 15) is 29.4 Å². The molecule has 0 bridgehead atoms. The fourth-order valence-corrected chi connectivity index (χ4v) is 5.69. The van der Waals surface area contributed by atoms with Gasteiger partial charge in [0.05, 0.1) is 6.04 Å². The van der Waals surface area contributed by atoms with Crippen LogP contribution in [0, 0.1) is 0 Å². The molecular weight excluding hydrogens is 620 g/mol. The van der Waals surface area contributed by atoms with Gasteiger partial charge in [0, 0.05) is 52.8 Å². The van der Waals surface area contributed by atoms with Crippen molar-refractivity contribution < 1.29 is 29.4 Å². The minimum Gasteiger partial charge on any atom is -0.508 e. The van der Waals surface area contributed by atoms with Crippen LogP contribution in [0.3, 0.4) is 0 Å². The number of nitrogens with one attached hydrogen (secondary N) is 5. The Bertz CT molecular complexity index is 1890. The molecule has 0 fully saturated rings. The standard InChI is InChI=1S/C34H36N6O6S/c35-25(14-20-16-36-26-7-3-1-5-23(20)26)31(42)38-29(15-21-17-37-27-8-4-2-6-24(21)27)33(44)39-28(13-19-9-11-22(41)12-10-19)32(43)40-30(18-47)34(45)46/h1-12,16-17,25,28-30,36-37,41,47H,13-15,18,35H2,(H,38,42)(H,39,44)(H,40,43)(H,45,46). The van der Waals surface area contributed by atoms with Gasteiger partial charge in [0.2, 0.25) is 17.7 Å². The third kappa shape index (κ3) is 8.12. The number of para-hydroxylation sites is 2. The molecule has 4 unspecified atom stereocenters. The van der Waals surface area contributed by atoms with Gasteiger partial charge in [-0.25, -0.2) is 4.79 Å². The molecule has 13 heteroatoms. The molecule has 47 heavy (non-hydrogen) atoms. The van der Waals surface area contributed by atoms with E-state index in [4.69, 9.17) is 5.73 Å². The predicted octanol–water partition coefficient (Wildman–Crippen LogP) is 2.18. The summed E-state index contributed by atoms with van der Waals surface area (Å²) in [5.41, 5.74) is 10.3. The van der Waals surface area contributed by atoms with Gasteiger partial charge in [0.1, 0.15) is 23.9 Å². The summed E-state index contributed by atoms with van der Waals surface area (Å²) in [7, 11) is 0. The third-order valence-electron chi connectivity index (χ3n) is 7.99. The molecule has 4 atom stereocenters. The van der Waals surface area contributed by atoms with Crippen LogP contribution < -0.4 is 21.7 Å². The maximum Gasteiger partial charge on any atom is 0.327 e. The number of carbonyl (C=O) groups excluding carboxylic acids is 3. The monoisotopic (exact) mass is 656 g/mol. The summed E-state index contributed by atoms with van der Waals surface area (Å²) in [5, 5.41) is 28.9. The van der Waals surface area contributed by atoms with Crippen LogP contribution in [0.2, 0.25) is 0 Å². The van der Waals surface area contributed by atoms with Crippen LogP contribution in [0.5, 0.6) is 5.75 Å². The van der Waals surface area contributed by atoms with Crippen molar-refractivity contribution in [2.24, 2.45) is 5.73 Å². The number of rotatable bonds is 14. The summed E-state index contributed by atoms with van der Waals surface area (Å²) in [6.07, 6.45) is 3.82. The average Bonchev–Trinajstić information content (AvgIpc) is 3.67. The number of phenolic OH excluding ortho intramolecular Hbond substituents is 1. The van der Waals surface area contributed by atoms with E-state index >= 15 is 0 Å². The summed E-state index contributed by atoms with van der Waals surface area (Å²) in [6, 6.07) is 16.6. The van der Waals surface area contributed by atoms with Gasteiger partial charge in [0.15, 0.2) is 0 Å². The van der Waals surface area contributed by atoms with Crippen molar-refractivity contribution in [3.63, 3.8) is 0 Å². The van der Waals surface area contributed by atoms with Crippen molar-refractivity contribution in [1.29, 1.82) is 0 Å². The van der Waals surface area contributed by atoms with E-state index in [1.54, 1.807) is 24.5 Å². The van der Waals surface area contributed by atoms with E-state index in [-0.39, 0.29) is 30.8 Å². The van der Waals surface area contributed by atoms with Crippen molar-refractivity contribution in [2.45, 2.75) is 43.4 Å². The van der Waals surface area contributed by atoms with Gasteiger partial charge in [-0.15, -0.1) is 0 Å². The molecule has 0 aliphatic heterocycles. The SMILES string of the molecule is NC(Cc1c[nH]c2ccccc12)C(=O)NC(Cc1c[nH]c2ccccc12)C(=O)NC(Cc1ccc(O)cc1)C(=O)NC(CS)C(=O)O. The van der Waals surface area contributed by atoms with Gasteiger partial charge in [-0.1, -0.05) is 48.5 Å². The molecule has 2 heterocycles. The number of carbonyl (C=O) groups is 4. The maximum absolute atomic E-state index is 14.0. The van der Waals surface area contributed by atoms with E-state index in [2.05, 4.69) is 38.5 Å². The largest absolute Gasteiger partial charge is 0.508 e. The van der Waals surface area contributed by atoms with Crippen LogP contribution in [0.4, 0.5) is 0 Å². The molecule has 5 aromatic rings. The first-order chi connectivity index (χ1) is 22.6. The Morgan fingerprint density at radius 3 is 1.72 bits per heavy atom. The second-order valence-corrected chi connectivity index (χ2v) is 11.7. The second-order valence-electron chi connectivity index (χ2n) is 11.3. The van der Waals surface area contributed by atoms with Crippen molar-refractivity contribution in [2.75, 3.05) is 5.75 Å². The highest BCUT2D eigenvalue weighted by atomic mass is 32.1. The van der Waals surface area contributed by atoms with Gasteiger partial charge in [-0.2, -0.15) is 12.6 Å². The molecule has 0 aliphatic rings. The second kappa shape index (κ2) is 14.9. The van der Waals surface area contributed by atoms with E-state index in [1.807, 2.05) is 48.5 Å². The van der Waals surface area contributed by atoms with Gasteiger partial charge >= 0.3 is 5.97 Å². The summed E-state index contributed by atoms with van der Waals surface area (Å²) in [4.78, 5) is 58.8. The zero-order chi connectivity index (χ0) is 33.5. The predicted molar refractivity (Wildman–Crippen MR) is 181 cm³/mol. The Morgan fingerprint density at radius 1 is 0.681 bits per heavy atom. The zero-order valence-corrected chi connectivity index (χ0v) is 26.2. The number of carboxylic acids is 1. The summed E-state index contributed by atoms with van der Waals surface area (Å²) >= 11 is 4.02. The third-order valence-corrected chi connectivity index (χ3v) is 8.35. The number of nitrogens with two attached hydrogens (primary N) is 1. The fraction of sp³-hybridized carbons (Fsp3) is 0.235. The number of aromatic nitrogens is 2. The first-order valence-corrected chi connectivity index (χ1v) is 15.6. The molecular formula is C34H36N6O6S. The van der Waals surface area contributed by atoms with Crippen LogP contribution >= 0.6 is 12.6 Å². The molecule has 0 saturated carbocycles. The highest BCUT2D eigenvalue weighted by Gasteiger charge is 2.31. The molecule has 0 spiro atoms. The number of hydrogen-bond donors (Lipinski definition) is 9. The number of amides is 3. The van der Waals surface area contributed by atoms with Crippen molar-refractivity contribution in [1.82, 2.24) is 25.9 Å². The number of hydrogen-bond acceptors (Lipinski definition) is 7. The smallest absolute Gasteiger partial charge is 0.327 e. The van der Waals surface area contributed by atoms with Crippen LogP contribution in [0.1, 0.15) is 16.7 Å². The lowest BCUT2D eigenvalue weighted by Gasteiger charge is -2.25. The minimum absolute atomic E-state index is 0.0188. The van der Waals surface area contributed by atoms with Gasteiger partial charge in [0.25, 0.3) is 0 Å². The van der Waals surface area contributed by atoms with Crippen LogP contribution in [0.15, 0.2) is 85.2 Å². The molecule has 2 aromatic heterocycles. The number of thiol groups is 1. The molecule has 3 aromatic carbocycles. The van der Waals surface area contributed by atoms with Crippen LogP contribution in [-0.4, -0.2) is 73.8 Å². The summed E-state index contributed by atoms with van der Waals surface area (Å²) < 4.78 is 0. The molecule has 5 rings (SSSR count). The maximum atomic E-state index is 14.0. The molecule has 9 N–H and O–H groups in total. The molecule has 0 aliphatic carbocycles. The first kappa shape index (κ1) is 33.1. The molecule has 0 saturated heterocycles. The normalized spacial score (nSPS) is 13.8. The Balaban J connectivity index is 1.39. The number of fused-ring (bicyclic) bond motifs is 2. The van der Waals surface area contributed by atoms with E-state index < -0.39 is 47.9 Å².